The number of nitrogens with two attached hydrogens (primary N) is 1. The smallest absolute Gasteiger partial charge is 0.123 e. The van der Waals surface area contributed by atoms with Crippen LogP contribution in [0.25, 0.3) is 0 Å². The molecule has 0 saturated heterocycles. The summed E-state index contributed by atoms with van der Waals surface area (Å²) in [7, 11) is 0. The zero-order valence-electron chi connectivity index (χ0n) is 11.8. The molecule has 0 spiro atoms. The number of hydrogen-bond donors (Lipinski definition) is 2. The first-order valence-electron chi connectivity index (χ1n) is 7.29. The van der Waals surface area contributed by atoms with Crippen LogP contribution in [0.4, 0.5) is 5.82 Å². The monoisotopic (exact) mass is 267 g/mol. The molecule has 3 rings (SSSR count). The maximum absolute atomic E-state index is 5.78. The number of pyridine rings is 1. The molecule has 20 heavy (non-hydrogen) atoms. The Labute approximate surface area is 120 Å². The summed E-state index contributed by atoms with van der Waals surface area (Å²) in [5.41, 5.74) is 10.0. The summed E-state index contributed by atoms with van der Waals surface area (Å²) in [5.74, 6) is 1.22. The Kier molecular flexibility index (Phi) is 3.70. The molecule has 0 bridgehead atoms. The number of benzene rings is 1. The van der Waals surface area contributed by atoms with E-state index in [1.54, 1.807) is 6.20 Å². The van der Waals surface area contributed by atoms with Gasteiger partial charge in [0, 0.05) is 18.2 Å². The summed E-state index contributed by atoms with van der Waals surface area (Å²) >= 11 is 0. The lowest BCUT2D eigenvalue weighted by Crippen LogP contribution is -2.41. The zero-order chi connectivity index (χ0) is 13.9. The molecule has 3 N–H and O–H groups in total. The summed E-state index contributed by atoms with van der Waals surface area (Å²) in [6, 6.07) is 13.3. The number of rotatable bonds is 5. The predicted octanol–water partition coefficient (Wildman–Crippen LogP) is 2.52. The highest BCUT2D eigenvalue weighted by molar-refractivity contribution is 5.42. The first-order valence-corrected chi connectivity index (χ1v) is 7.29. The summed E-state index contributed by atoms with van der Waals surface area (Å²) < 4.78 is 0. The van der Waals surface area contributed by atoms with Crippen LogP contribution in [0.2, 0.25) is 0 Å². The Morgan fingerprint density at radius 1 is 1.35 bits per heavy atom. The lowest BCUT2D eigenvalue weighted by Gasteiger charge is -2.37. The van der Waals surface area contributed by atoms with Gasteiger partial charge in [0.1, 0.15) is 5.82 Å². The average molecular weight is 267 g/mol. The number of aromatic nitrogens is 1. The molecule has 0 amide bonds. The number of hydrogen-bond acceptors (Lipinski definition) is 3. The third-order valence-corrected chi connectivity index (χ3v) is 4.15. The fraction of sp³-hybridized carbons (Fsp3) is 0.353. The third-order valence-electron chi connectivity index (χ3n) is 4.15. The lowest BCUT2D eigenvalue weighted by atomic mass is 9.72. The van der Waals surface area contributed by atoms with Crippen LogP contribution >= 0.6 is 0 Å². The van der Waals surface area contributed by atoms with E-state index < -0.39 is 0 Å². The van der Waals surface area contributed by atoms with E-state index in [1.807, 2.05) is 6.07 Å². The minimum Gasteiger partial charge on any atom is -0.384 e. The van der Waals surface area contributed by atoms with Crippen molar-refractivity contribution in [1.29, 1.82) is 0 Å². The Bertz CT molecular complexity index is 594. The van der Waals surface area contributed by atoms with Crippen molar-refractivity contribution in [2.75, 3.05) is 12.3 Å². The number of nitrogen functional groups attached to an aromatic ring is 1. The normalized spacial score (nSPS) is 18.1. The van der Waals surface area contributed by atoms with Crippen LogP contribution in [-0.4, -0.2) is 17.6 Å². The first-order chi connectivity index (χ1) is 9.78. The minimum absolute atomic E-state index is 0.469. The van der Waals surface area contributed by atoms with Crippen LogP contribution < -0.4 is 11.1 Å². The molecule has 1 aromatic heterocycles. The van der Waals surface area contributed by atoms with Gasteiger partial charge in [0.25, 0.3) is 0 Å². The standard InChI is InChI=1S/C17H21N3/c1-2-19-16(9-12-7-8-20-17(18)10-12)15-11-13-5-3-4-6-14(13)15/h3-8,10,15-16,19H,2,9,11H2,1H3,(H2,18,20). The second-order valence-electron chi connectivity index (χ2n) is 5.47. The molecule has 104 valence electrons. The molecule has 0 aliphatic heterocycles. The highest BCUT2D eigenvalue weighted by atomic mass is 14.9. The van der Waals surface area contributed by atoms with E-state index in [0.29, 0.717) is 17.8 Å². The van der Waals surface area contributed by atoms with Gasteiger partial charge in [0.05, 0.1) is 0 Å². The fourth-order valence-electron chi connectivity index (χ4n) is 3.15. The van der Waals surface area contributed by atoms with Gasteiger partial charge < -0.3 is 11.1 Å². The van der Waals surface area contributed by atoms with Gasteiger partial charge in [-0.3, -0.25) is 0 Å². The van der Waals surface area contributed by atoms with Gasteiger partial charge in [-0.05, 0) is 48.2 Å². The Balaban J connectivity index is 1.77. The second-order valence-corrected chi connectivity index (χ2v) is 5.47. The van der Waals surface area contributed by atoms with Crippen molar-refractivity contribution in [2.24, 2.45) is 0 Å². The molecule has 0 saturated carbocycles. The maximum atomic E-state index is 5.78. The van der Waals surface area contributed by atoms with Crippen molar-refractivity contribution in [3.05, 3.63) is 59.3 Å². The van der Waals surface area contributed by atoms with Gasteiger partial charge in [-0.15, -0.1) is 0 Å². The summed E-state index contributed by atoms with van der Waals surface area (Å²) in [6.07, 6.45) is 3.97. The van der Waals surface area contributed by atoms with Gasteiger partial charge in [0.2, 0.25) is 0 Å². The number of nitrogens with one attached hydrogen (secondary N) is 1. The van der Waals surface area contributed by atoms with Gasteiger partial charge in [-0.1, -0.05) is 31.2 Å². The molecule has 1 aliphatic carbocycles. The van der Waals surface area contributed by atoms with Crippen molar-refractivity contribution < 1.29 is 0 Å². The van der Waals surface area contributed by atoms with Gasteiger partial charge in [0.15, 0.2) is 0 Å². The van der Waals surface area contributed by atoms with E-state index in [-0.39, 0.29) is 0 Å². The van der Waals surface area contributed by atoms with E-state index in [2.05, 4.69) is 47.6 Å². The molecule has 1 heterocycles. The minimum atomic E-state index is 0.469. The van der Waals surface area contributed by atoms with Crippen LogP contribution in [0.15, 0.2) is 42.6 Å². The van der Waals surface area contributed by atoms with E-state index in [9.17, 15) is 0 Å². The Morgan fingerprint density at radius 2 is 2.20 bits per heavy atom. The van der Waals surface area contributed by atoms with Crippen molar-refractivity contribution in [2.45, 2.75) is 31.7 Å². The van der Waals surface area contributed by atoms with Crippen molar-refractivity contribution >= 4 is 5.82 Å². The molecule has 3 heteroatoms. The van der Waals surface area contributed by atoms with Gasteiger partial charge in [-0.25, -0.2) is 4.98 Å². The number of likely N-dealkylation sites (N-methyl/N-ethyl adjacent to an activating group) is 1. The van der Waals surface area contributed by atoms with Crippen LogP contribution in [-0.2, 0) is 12.8 Å². The highest BCUT2D eigenvalue weighted by Crippen LogP contribution is 2.38. The summed E-state index contributed by atoms with van der Waals surface area (Å²) in [4.78, 5) is 4.07. The quantitative estimate of drug-likeness (QED) is 0.875. The number of anilines is 1. The molecular weight excluding hydrogens is 246 g/mol. The fourth-order valence-corrected chi connectivity index (χ4v) is 3.15. The molecular formula is C17H21N3. The van der Waals surface area contributed by atoms with E-state index in [4.69, 9.17) is 5.73 Å². The Morgan fingerprint density at radius 3 is 2.95 bits per heavy atom. The second kappa shape index (κ2) is 5.63. The number of fused-ring (bicyclic) bond motifs is 1. The molecule has 2 atom stereocenters. The SMILES string of the molecule is CCNC(Cc1ccnc(N)c1)C1Cc2ccccc21. The van der Waals surface area contributed by atoms with Crippen LogP contribution in [0.5, 0.6) is 0 Å². The number of nitrogens with zero attached hydrogens (tertiary/aromatic N) is 1. The third kappa shape index (κ3) is 2.54. The largest absolute Gasteiger partial charge is 0.384 e. The van der Waals surface area contributed by atoms with Crippen molar-refractivity contribution in [3.8, 4) is 0 Å². The Hall–Kier alpha value is -1.87. The van der Waals surface area contributed by atoms with Crippen LogP contribution in [0.1, 0.15) is 29.5 Å². The molecule has 1 aromatic carbocycles. The molecule has 3 nitrogen and oxygen atoms in total. The molecule has 2 aromatic rings. The van der Waals surface area contributed by atoms with Gasteiger partial charge in [-0.2, -0.15) is 0 Å². The molecule has 0 radical (unpaired) electrons. The zero-order valence-corrected chi connectivity index (χ0v) is 11.8. The first kappa shape index (κ1) is 13.1. The highest BCUT2D eigenvalue weighted by Gasteiger charge is 2.32. The van der Waals surface area contributed by atoms with Crippen LogP contribution in [0, 0.1) is 0 Å². The van der Waals surface area contributed by atoms with Gasteiger partial charge >= 0.3 is 0 Å². The molecule has 0 fully saturated rings. The molecule has 2 unspecified atom stereocenters. The topological polar surface area (TPSA) is 50.9 Å². The van der Waals surface area contributed by atoms with E-state index >= 15 is 0 Å². The van der Waals surface area contributed by atoms with Crippen molar-refractivity contribution in [3.63, 3.8) is 0 Å². The molecule has 1 aliphatic rings. The predicted molar refractivity (Wildman–Crippen MR) is 82.7 cm³/mol. The maximum Gasteiger partial charge on any atom is 0.123 e. The summed E-state index contributed by atoms with van der Waals surface area (Å²) in [6.45, 7) is 3.16. The van der Waals surface area contributed by atoms with Crippen LogP contribution in [0.3, 0.4) is 0 Å². The van der Waals surface area contributed by atoms with Crippen molar-refractivity contribution in [1.82, 2.24) is 10.3 Å². The van der Waals surface area contributed by atoms with E-state index in [1.165, 1.54) is 23.1 Å². The average Bonchev–Trinajstić information content (AvgIpc) is 2.40. The summed E-state index contributed by atoms with van der Waals surface area (Å²) in [5, 5.41) is 3.63. The lowest BCUT2D eigenvalue weighted by molar-refractivity contribution is 0.405. The van der Waals surface area contributed by atoms with E-state index in [0.717, 1.165) is 13.0 Å².